The number of aliphatic hydroxyl groups is 1. The summed E-state index contributed by atoms with van der Waals surface area (Å²) in [6, 6.07) is 4.36. The first-order valence-corrected chi connectivity index (χ1v) is 7.45. The summed E-state index contributed by atoms with van der Waals surface area (Å²) in [5.74, 6) is -0.335. The van der Waals surface area contributed by atoms with Gasteiger partial charge in [0.2, 0.25) is 0 Å². The van der Waals surface area contributed by atoms with Gasteiger partial charge in [0.05, 0.1) is 5.52 Å². The van der Waals surface area contributed by atoms with Crippen LogP contribution in [0.15, 0.2) is 24.4 Å². The lowest BCUT2D eigenvalue weighted by atomic mass is 10.1. The molecule has 0 saturated heterocycles. The van der Waals surface area contributed by atoms with E-state index >= 15 is 0 Å². The van der Waals surface area contributed by atoms with Crippen molar-refractivity contribution in [3.05, 3.63) is 35.8 Å². The highest BCUT2D eigenvalue weighted by molar-refractivity contribution is 5.92. The van der Waals surface area contributed by atoms with Gasteiger partial charge in [0.15, 0.2) is 0 Å². The second-order valence-corrected chi connectivity index (χ2v) is 6.35. The van der Waals surface area contributed by atoms with Crippen molar-refractivity contribution in [1.82, 2.24) is 4.57 Å². The van der Waals surface area contributed by atoms with E-state index in [-0.39, 0.29) is 12.4 Å². The normalized spacial score (nSPS) is 11.9. The molecule has 0 amide bonds. The lowest BCUT2D eigenvalue weighted by Gasteiger charge is -2.19. The van der Waals surface area contributed by atoms with Crippen molar-refractivity contribution in [3.63, 3.8) is 0 Å². The van der Waals surface area contributed by atoms with Gasteiger partial charge in [0.25, 0.3) is 0 Å². The van der Waals surface area contributed by atoms with Crippen molar-refractivity contribution < 1.29 is 19.0 Å². The number of unbranched alkanes of at least 4 members (excludes halogenated alkanes) is 1. The van der Waals surface area contributed by atoms with E-state index in [0.717, 1.165) is 12.0 Å². The average Bonchev–Trinajstić information content (AvgIpc) is 2.75. The highest BCUT2D eigenvalue weighted by atomic mass is 19.1. The lowest BCUT2D eigenvalue weighted by Crippen LogP contribution is -2.26. The molecule has 0 spiro atoms. The topological polar surface area (TPSA) is 51.5 Å². The van der Waals surface area contributed by atoms with Crippen molar-refractivity contribution in [2.75, 3.05) is 6.61 Å². The predicted molar refractivity (Wildman–Crippen MR) is 83.6 cm³/mol. The molecule has 0 aliphatic heterocycles. The van der Waals surface area contributed by atoms with Crippen molar-refractivity contribution in [2.24, 2.45) is 0 Å². The number of hydrogen-bond donors (Lipinski definition) is 1. The van der Waals surface area contributed by atoms with Crippen LogP contribution in [0.3, 0.4) is 0 Å². The Bertz CT molecular complexity index is 670. The van der Waals surface area contributed by atoms with Crippen molar-refractivity contribution in [3.8, 4) is 0 Å². The van der Waals surface area contributed by atoms with Crippen molar-refractivity contribution in [2.45, 2.75) is 45.6 Å². The number of aromatic nitrogens is 1. The summed E-state index contributed by atoms with van der Waals surface area (Å²) in [6.07, 6.45) is 3.36. The first kappa shape index (κ1) is 16.5. The fourth-order valence-corrected chi connectivity index (χ4v) is 2.36. The van der Waals surface area contributed by atoms with Gasteiger partial charge < -0.3 is 9.84 Å². The number of hydrogen-bond acceptors (Lipinski definition) is 3. The molecular formula is C17H22FNO3. The molecule has 0 radical (unpaired) electrons. The number of benzene rings is 1. The molecule has 0 unspecified atom stereocenters. The van der Waals surface area contributed by atoms with Gasteiger partial charge in [0.1, 0.15) is 11.4 Å². The van der Waals surface area contributed by atoms with Crippen LogP contribution in [0, 0.1) is 5.82 Å². The van der Waals surface area contributed by atoms with Crippen LogP contribution in [-0.2, 0) is 11.2 Å². The maximum absolute atomic E-state index is 13.5. The molecule has 2 aromatic rings. The van der Waals surface area contributed by atoms with E-state index in [1.165, 1.54) is 16.7 Å². The monoisotopic (exact) mass is 307 g/mol. The van der Waals surface area contributed by atoms with Gasteiger partial charge in [-0.15, -0.1) is 0 Å². The van der Waals surface area contributed by atoms with Gasteiger partial charge in [-0.25, -0.2) is 9.18 Å². The van der Waals surface area contributed by atoms with Crippen LogP contribution in [0.25, 0.3) is 10.9 Å². The van der Waals surface area contributed by atoms with Crippen LogP contribution in [0.2, 0.25) is 0 Å². The molecule has 2 rings (SSSR count). The summed E-state index contributed by atoms with van der Waals surface area (Å²) in [7, 11) is 0. The van der Waals surface area contributed by atoms with Crippen molar-refractivity contribution in [1.29, 1.82) is 0 Å². The van der Waals surface area contributed by atoms with Gasteiger partial charge in [-0.2, -0.15) is 0 Å². The molecule has 5 heteroatoms. The molecule has 1 aromatic heterocycles. The molecule has 1 aromatic carbocycles. The number of carbonyl (C=O) groups is 1. The maximum Gasteiger partial charge on any atom is 0.419 e. The summed E-state index contributed by atoms with van der Waals surface area (Å²) in [6.45, 7) is 5.54. The summed E-state index contributed by atoms with van der Waals surface area (Å²) >= 11 is 0. The Labute approximate surface area is 129 Å². The third-order valence-corrected chi connectivity index (χ3v) is 3.29. The highest BCUT2D eigenvalue weighted by Gasteiger charge is 2.20. The largest absolute Gasteiger partial charge is 0.443 e. The van der Waals surface area contributed by atoms with Gasteiger partial charge in [-0.1, -0.05) is 0 Å². The van der Waals surface area contributed by atoms with Crippen LogP contribution in [0.4, 0.5) is 9.18 Å². The summed E-state index contributed by atoms with van der Waals surface area (Å²) < 4.78 is 20.3. The Morgan fingerprint density at radius 2 is 2.05 bits per heavy atom. The van der Waals surface area contributed by atoms with E-state index in [4.69, 9.17) is 9.84 Å². The highest BCUT2D eigenvalue weighted by Crippen LogP contribution is 2.25. The fraction of sp³-hybridized carbons (Fsp3) is 0.471. The Kier molecular flexibility index (Phi) is 4.86. The molecule has 0 aliphatic carbocycles. The zero-order valence-electron chi connectivity index (χ0n) is 13.2. The van der Waals surface area contributed by atoms with Crippen LogP contribution in [0.1, 0.15) is 39.2 Å². The number of ether oxygens (including phenoxy) is 1. The van der Waals surface area contributed by atoms with Gasteiger partial charge in [-0.05, 0) is 63.8 Å². The number of aliphatic hydroxyl groups excluding tert-OH is 1. The number of fused-ring (bicyclic) bond motifs is 1. The quantitative estimate of drug-likeness (QED) is 0.872. The third kappa shape index (κ3) is 3.85. The molecule has 0 aliphatic rings. The van der Waals surface area contributed by atoms with E-state index in [2.05, 4.69) is 0 Å². The zero-order chi connectivity index (χ0) is 16.3. The summed E-state index contributed by atoms with van der Waals surface area (Å²) in [5, 5.41) is 9.60. The average molecular weight is 307 g/mol. The van der Waals surface area contributed by atoms with Gasteiger partial charge in [-0.3, -0.25) is 4.57 Å². The minimum Gasteiger partial charge on any atom is -0.443 e. The van der Waals surface area contributed by atoms with Gasteiger partial charge >= 0.3 is 6.09 Å². The van der Waals surface area contributed by atoms with E-state index in [9.17, 15) is 9.18 Å². The third-order valence-electron chi connectivity index (χ3n) is 3.29. The SMILES string of the molecule is CC(C)(C)OC(=O)n1cc(CCCCO)c2cc(F)ccc21. The number of rotatable bonds is 4. The standard InChI is InChI=1S/C17H22FNO3/c1-17(2,3)22-16(21)19-11-12(6-4-5-9-20)14-10-13(18)7-8-15(14)19/h7-8,10-11,20H,4-6,9H2,1-3H3. The Balaban J connectivity index is 2.40. The van der Waals surface area contributed by atoms with Gasteiger partial charge in [0, 0.05) is 18.2 Å². The Morgan fingerprint density at radius 1 is 1.32 bits per heavy atom. The van der Waals surface area contributed by atoms with E-state index in [1.807, 2.05) is 0 Å². The molecule has 1 heterocycles. The minimum absolute atomic E-state index is 0.124. The molecule has 0 atom stereocenters. The Hall–Kier alpha value is -1.88. The first-order valence-electron chi connectivity index (χ1n) is 7.45. The smallest absolute Gasteiger partial charge is 0.419 e. The molecule has 22 heavy (non-hydrogen) atoms. The second kappa shape index (κ2) is 6.48. The molecule has 0 bridgehead atoms. The summed E-state index contributed by atoms with van der Waals surface area (Å²) in [4.78, 5) is 12.3. The molecule has 4 nitrogen and oxygen atoms in total. The number of halogens is 1. The zero-order valence-corrected chi connectivity index (χ0v) is 13.2. The lowest BCUT2D eigenvalue weighted by molar-refractivity contribution is 0.0544. The number of nitrogens with zero attached hydrogens (tertiary/aromatic N) is 1. The van der Waals surface area contributed by atoms with E-state index < -0.39 is 11.7 Å². The molecule has 1 N–H and O–H groups in total. The maximum atomic E-state index is 13.5. The molecular weight excluding hydrogens is 285 g/mol. The first-order chi connectivity index (χ1) is 10.3. The van der Waals surface area contributed by atoms with E-state index in [0.29, 0.717) is 23.7 Å². The van der Waals surface area contributed by atoms with Crippen LogP contribution in [0.5, 0.6) is 0 Å². The fourth-order valence-electron chi connectivity index (χ4n) is 2.36. The molecule has 0 saturated carbocycles. The van der Waals surface area contributed by atoms with Crippen LogP contribution in [-0.4, -0.2) is 28.0 Å². The minimum atomic E-state index is -0.593. The predicted octanol–water partition coefficient (Wildman–Crippen LogP) is 3.88. The van der Waals surface area contributed by atoms with Crippen LogP contribution < -0.4 is 0 Å². The number of carbonyl (C=O) groups excluding carboxylic acids is 1. The van der Waals surface area contributed by atoms with Crippen molar-refractivity contribution >= 4 is 17.0 Å². The number of aryl methyl sites for hydroxylation is 1. The van der Waals surface area contributed by atoms with Crippen LogP contribution >= 0.6 is 0 Å². The second-order valence-electron chi connectivity index (χ2n) is 6.35. The molecule has 0 fully saturated rings. The van der Waals surface area contributed by atoms with E-state index in [1.54, 1.807) is 33.0 Å². The summed E-state index contributed by atoms with van der Waals surface area (Å²) in [5.41, 5.74) is 0.925. The Morgan fingerprint density at radius 3 is 2.68 bits per heavy atom. The molecule has 120 valence electrons.